The highest BCUT2D eigenvalue weighted by Gasteiger charge is 2.09. The van der Waals surface area contributed by atoms with E-state index in [4.69, 9.17) is 0 Å². The number of hydrogen-bond donors (Lipinski definition) is 1. The van der Waals surface area contributed by atoms with Crippen molar-refractivity contribution in [3.05, 3.63) is 60.6 Å². The molecule has 1 N–H and O–H groups in total. The number of halogens is 2. The highest BCUT2D eigenvalue weighted by atomic mass is 79.9. The zero-order valence-electron chi connectivity index (χ0n) is 11.9. The molecule has 0 radical (unpaired) electrons. The Kier molecular flexibility index (Phi) is 4.32. The second-order valence-electron chi connectivity index (χ2n) is 4.85. The van der Waals surface area contributed by atoms with Gasteiger partial charge in [0, 0.05) is 32.5 Å². The van der Waals surface area contributed by atoms with Gasteiger partial charge in [-0.05, 0) is 40.5 Å². The standard InChI is InChI=1S/C14H15BrFN3O2/c1-8-4-11(16)10(15)5-12(8)17-6-9-7-18(2)14(21)19(3)13(9)20/h4-5,7,17H,6H2,1-3H3. The molecule has 0 unspecified atom stereocenters. The average Bonchev–Trinajstić information content (AvgIpc) is 2.44. The fourth-order valence-corrected chi connectivity index (χ4v) is 2.37. The van der Waals surface area contributed by atoms with Crippen LogP contribution in [0.25, 0.3) is 0 Å². The van der Waals surface area contributed by atoms with Crippen molar-refractivity contribution >= 4 is 21.6 Å². The molecule has 1 aromatic carbocycles. The van der Waals surface area contributed by atoms with Crippen molar-refractivity contribution in [3.63, 3.8) is 0 Å². The van der Waals surface area contributed by atoms with Gasteiger partial charge in [0.1, 0.15) is 5.82 Å². The first-order valence-electron chi connectivity index (χ1n) is 6.26. The second kappa shape index (κ2) is 5.85. The zero-order valence-corrected chi connectivity index (χ0v) is 13.5. The lowest BCUT2D eigenvalue weighted by Crippen LogP contribution is -2.38. The molecule has 2 aromatic rings. The quantitative estimate of drug-likeness (QED) is 0.914. The highest BCUT2D eigenvalue weighted by molar-refractivity contribution is 9.10. The lowest BCUT2D eigenvalue weighted by atomic mass is 10.2. The Balaban J connectivity index is 2.31. The maximum Gasteiger partial charge on any atom is 0.330 e. The van der Waals surface area contributed by atoms with Gasteiger partial charge in [0.15, 0.2) is 0 Å². The first-order valence-corrected chi connectivity index (χ1v) is 7.05. The van der Waals surface area contributed by atoms with Crippen molar-refractivity contribution in [2.24, 2.45) is 14.1 Å². The molecule has 0 bridgehead atoms. The number of hydrogen-bond acceptors (Lipinski definition) is 3. The molecular weight excluding hydrogens is 341 g/mol. The number of anilines is 1. The molecule has 0 spiro atoms. The van der Waals surface area contributed by atoms with E-state index >= 15 is 0 Å². The third-order valence-electron chi connectivity index (χ3n) is 3.25. The van der Waals surface area contributed by atoms with Crippen LogP contribution >= 0.6 is 15.9 Å². The molecule has 112 valence electrons. The smallest absolute Gasteiger partial charge is 0.330 e. The first kappa shape index (κ1) is 15.5. The van der Waals surface area contributed by atoms with E-state index in [9.17, 15) is 14.0 Å². The number of nitrogens with zero attached hydrogens (tertiary/aromatic N) is 2. The summed E-state index contributed by atoms with van der Waals surface area (Å²) in [5.41, 5.74) is 1.20. The lowest BCUT2D eigenvalue weighted by molar-refractivity contribution is 0.620. The van der Waals surface area contributed by atoms with Crippen LogP contribution in [0.4, 0.5) is 10.1 Å². The van der Waals surface area contributed by atoms with Crippen LogP contribution < -0.4 is 16.6 Å². The molecule has 2 rings (SSSR count). The molecule has 0 aliphatic heterocycles. The van der Waals surface area contributed by atoms with Crippen LogP contribution in [-0.2, 0) is 20.6 Å². The summed E-state index contributed by atoms with van der Waals surface area (Å²) in [7, 11) is 3.03. The van der Waals surface area contributed by atoms with Crippen molar-refractivity contribution in [2.75, 3.05) is 5.32 Å². The van der Waals surface area contributed by atoms with Gasteiger partial charge in [0.05, 0.1) is 10.0 Å². The number of benzene rings is 1. The number of rotatable bonds is 3. The van der Waals surface area contributed by atoms with E-state index in [2.05, 4.69) is 21.2 Å². The van der Waals surface area contributed by atoms with Crippen molar-refractivity contribution in [1.82, 2.24) is 9.13 Å². The van der Waals surface area contributed by atoms with Crippen LogP contribution in [0.3, 0.4) is 0 Å². The van der Waals surface area contributed by atoms with Gasteiger partial charge in [-0.1, -0.05) is 0 Å². The predicted octanol–water partition coefficient (Wildman–Crippen LogP) is 1.91. The minimum absolute atomic E-state index is 0.250. The SMILES string of the molecule is Cc1cc(F)c(Br)cc1NCc1cn(C)c(=O)n(C)c1=O. The summed E-state index contributed by atoms with van der Waals surface area (Å²) in [5, 5.41) is 3.09. The largest absolute Gasteiger partial charge is 0.380 e. The van der Waals surface area contributed by atoms with E-state index in [0.717, 1.165) is 15.8 Å². The van der Waals surface area contributed by atoms with Crippen LogP contribution in [0.15, 0.2) is 32.4 Å². The Morgan fingerprint density at radius 1 is 1.29 bits per heavy atom. The Hall–Kier alpha value is -1.89. The van der Waals surface area contributed by atoms with Crippen LogP contribution in [0.2, 0.25) is 0 Å². The first-order chi connectivity index (χ1) is 9.81. The summed E-state index contributed by atoms with van der Waals surface area (Å²) < 4.78 is 16.1. The van der Waals surface area contributed by atoms with Gasteiger partial charge in [0.25, 0.3) is 5.56 Å². The zero-order chi connectivity index (χ0) is 15.7. The van der Waals surface area contributed by atoms with Crippen LogP contribution in [0.1, 0.15) is 11.1 Å². The molecule has 0 aliphatic rings. The number of aromatic nitrogens is 2. The van der Waals surface area contributed by atoms with Crippen molar-refractivity contribution < 1.29 is 4.39 Å². The van der Waals surface area contributed by atoms with Gasteiger partial charge >= 0.3 is 5.69 Å². The minimum Gasteiger partial charge on any atom is -0.380 e. The highest BCUT2D eigenvalue weighted by Crippen LogP contribution is 2.24. The Labute approximate surface area is 129 Å². The number of aryl methyl sites for hydroxylation is 2. The molecule has 1 aromatic heterocycles. The molecule has 0 amide bonds. The van der Waals surface area contributed by atoms with E-state index < -0.39 is 0 Å². The predicted molar refractivity (Wildman–Crippen MR) is 83.1 cm³/mol. The molecule has 0 saturated heterocycles. The summed E-state index contributed by atoms with van der Waals surface area (Å²) in [6.07, 6.45) is 1.51. The summed E-state index contributed by atoms with van der Waals surface area (Å²) in [6, 6.07) is 3.03. The van der Waals surface area contributed by atoms with E-state index in [1.54, 1.807) is 20.0 Å². The molecule has 7 heteroatoms. The van der Waals surface area contributed by atoms with Gasteiger partial charge in [-0.15, -0.1) is 0 Å². The van der Waals surface area contributed by atoms with Gasteiger partial charge in [0.2, 0.25) is 0 Å². The molecule has 0 atom stereocenters. The lowest BCUT2D eigenvalue weighted by Gasteiger charge is -2.12. The van der Waals surface area contributed by atoms with Crippen molar-refractivity contribution in [3.8, 4) is 0 Å². The summed E-state index contributed by atoms with van der Waals surface area (Å²) in [5.74, 6) is -0.337. The van der Waals surface area contributed by atoms with Gasteiger partial charge in [-0.2, -0.15) is 0 Å². The average molecular weight is 356 g/mol. The Morgan fingerprint density at radius 3 is 2.62 bits per heavy atom. The van der Waals surface area contributed by atoms with Gasteiger partial charge in [-0.25, -0.2) is 9.18 Å². The molecule has 0 fully saturated rings. The molecule has 5 nitrogen and oxygen atoms in total. The molecular formula is C14H15BrFN3O2. The van der Waals surface area contributed by atoms with Crippen LogP contribution in [-0.4, -0.2) is 9.13 Å². The third kappa shape index (κ3) is 3.07. The Morgan fingerprint density at radius 2 is 1.95 bits per heavy atom. The van der Waals surface area contributed by atoms with Crippen LogP contribution in [0.5, 0.6) is 0 Å². The normalized spacial score (nSPS) is 10.7. The monoisotopic (exact) mass is 355 g/mol. The maximum absolute atomic E-state index is 13.4. The summed E-state index contributed by atoms with van der Waals surface area (Å²) in [4.78, 5) is 23.6. The Bertz CT molecular complexity index is 811. The maximum atomic E-state index is 13.4. The van der Waals surface area contributed by atoms with Crippen LogP contribution in [0, 0.1) is 12.7 Å². The number of nitrogens with one attached hydrogen (secondary N) is 1. The third-order valence-corrected chi connectivity index (χ3v) is 3.86. The van der Waals surface area contributed by atoms with Gasteiger partial charge < -0.3 is 9.88 Å². The van der Waals surface area contributed by atoms with E-state index in [1.165, 1.54) is 23.9 Å². The van der Waals surface area contributed by atoms with E-state index in [1.807, 2.05) is 0 Å². The van der Waals surface area contributed by atoms with Crippen molar-refractivity contribution in [1.29, 1.82) is 0 Å². The summed E-state index contributed by atoms with van der Waals surface area (Å²) in [6.45, 7) is 2.02. The van der Waals surface area contributed by atoms with Gasteiger partial charge in [-0.3, -0.25) is 9.36 Å². The molecule has 0 saturated carbocycles. The van der Waals surface area contributed by atoms with Crippen molar-refractivity contribution in [2.45, 2.75) is 13.5 Å². The molecule has 21 heavy (non-hydrogen) atoms. The van der Waals surface area contributed by atoms with E-state index in [-0.39, 0.29) is 23.6 Å². The summed E-state index contributed by atoms with van der Waals surface area (Å²) >= 11 is 3.13. The fourth-order valence-electron chi connectivity index (χ4n) is 2.03. The second-order valence-corrected chi connectivity index (χ2v) is 5.70. The topological polar surface area (TPSA) is 56.0 Å². The fraction of sp³-hybridized carbons (Fsp3) is 0.286. The van der Waals surface area contributed by atoms with E-state index in [0.29, 0.717) is 10.0 Å². The minimum atomic E-state index is -0.371. The molecule has 0 aliphatic carbocycles. The molecule has 1 heterocycles.